The van der Waals surface area contributed by atoms with E-state index in [4.69, 9.17) is 0 Å². The quantitative estimate of drug-likeness (QED) is 0.624. The van der Waals surface area contributed by atoms with Gasteiger partial charge in [-0.25, -0.2) is 8.78 Å². The molecule has 2 rings (SSSR count). The monoisotopic (exact) mass is 280 g/mol. The Balaban J connectivity index is 2.81. The first-order chi connectivity index (χ1) is 9.41. The van der Waals surface area contributed by atoms with Crippen molar-refractivity contribution < 1.29 is 17.6 Å². The van der Waals surface area contributed by atoms with E-state index in [1.54, 1.807) is 24.3 Å². The molecule has 0 fully saturated rings. The summed E-state index contributed by atoms with van der Waals surface area (Å²) in [5.41, 5.74) is -2.65. The minimum absolute atomic E-state index is 0.213. The fraction of sp³-hybridized carbons (Fsp3) is 0.143. The first kappa shape index (κ1) is 14.0. The Morgan fingerprint density at radius 3 is 1.95 bits per heavy atom. The molecule has 0 aliphatic carbocycles. The van der Waals surface area contributed by atoms with Gasteiger partial charge in [-0.1, -0.05) is 30.3 Å². The SMILES string of the molecule is CC(C#N)(c1ccccc1)c1c(F)c(F)nc(F)c1F. The second kappa shape index (κ2) is 4.93. The second-order valence-corrected chi connectivity index (χ2v) is 4.30. The summed E-state index contributed by atoms with van der Waals surface area (Å²) in [6, 6.07) is 9.33. The molecule has 1 unspecified atom stereocenters. The zero-order chi connectivity index (χ0) is 14.9. The van der Waals surface area contributed by atoms with Crippen molar-refractivity contribution in [3.8, 4) is 6.07 Å². The van der Waals surface area contributed by atoms with Gasteiger partial charge in [-0.2, -0.15) is 19.0 Å². The molecule has 1 aromatic heterocycles. The molecule has 0 aliphatic rings. The molecule has 2 aromatic rings. The second-order valence-electron chi connectivity index (χ2n) is 4.30. The van der Waals surface area contributed by atoms with Crippen LogP contribution in [-0.4, -0.2) is 4.98 Å². The summed E-state index contributed by atoms with van der Waals surface area (Å²) in [4.78, 5) is 2.48. The molecule has 1 atom stereocenters. The van der Waals surface area contributed by atoms with Crippen LogP contribution in [0.3, 0.4) is 0 Å². The average Bonchev–Trinajstić information content (AvgIpc) is 2.46. The topological polar surface area (TPSA) is 36.7 Å². The molecule has 0 bridgehead atoms. The Bertz CT molecular complexity index is 668. The Kier molecular flexibility index (Phi) is 3.45. The van der Waals surface area contributed by atoms with E-state index in [1.807, 2.05) is 0 Å². The maximum atomic E-state index is 13.8. The lowest BCUT2D eigenvalue weighted by Gasteiger charge is -2.23. The number of pyridine rings is 1. The molecule has 0 saturated heterocycles. The molecule has 0 radical (unpaired) electrons. The molecule has 0 N–H and O–H groups in total. The van der Waals surface area contributed by atoms with Crippen LogP contribution in [0.15, 0.2) is 30.3 Å². The molecule has 2 nitrogen and oxygen atoms in total. The highest BCUT2D eigenvalue weighted by Gasteiger charge is 2.38. The van der Waals surface area contributed by atoms with Gasteiger partial charge >= 0.3 is 0 Å². The molecule has 20 heavy (non-hydrogen) atoms. The van der Waals surface area contributed by atoms with Crippen LogP contribution < -0.4 is 0 Å². The molecule has 0 amide bonds. The van der Waals surface area contributed by atoms with E-state index >= 15 is 0 Å². The summed E-state index contributed by atoms with van der Waals surface area (Å²) in [5, 5.41) is 9.27. The summed E-state index contributed by atoms with van der Waals surface area (Å²) >= 11 is 0. The van der Waals surface area contributed by atoms with Crippen LogP contribution in [0.4, 0.5) is 17.6 Å². The molecule has 1 heterocycles. The van der Waals surface area contributed by atoms with E-state index < -0.39 is 34.5 Å². The van der Waals surface area contributed by atoms with Gasteiger partial charge in [0.25, 0.3) is 11.9 Å². The largest absolute Gasteiger partial charge is 0.252 e. The molecule has 6 heteroatoms. The third-order valence-corrected chi connectivity index (χ3v) is 3.07. The van der Waals surface area contributed by atoms with E-state index in [-0.39, 0.29) is 5.56 Å². The summed E-state index contributed by atoms with van der Waals surface area (Å²) < 4.78 is 54.0. The summed E-state index contributed by atoms with van der Waals surface area (Å²) in [6.07, 6.45) is 0. The first-order valence-electron chi connectivity index (χ1n) is 5.59. The summed E-state index contributed by atoms with van der Waals surface area (Å²) in [7, 11) is 0. The lowest BCUT2D eigenvalue weighted by Crippen LogP contribution is -2.26. The van der Waals surface area contributed by atoms with Crippen molar-refractivity contribution >= 4 is 0 Å². The molecule has 0 saturated carbocycles. The highest BCUT2D eigenvalue weighted by molar-refractivity contribution is 5.45. The number of halogens is 4. The van der Waals surface area contributed by atoms with E-state index in [0.29, 0.717) is 0 Å². The number of nitriles is 1. The number of rotatable bonds is 2. The number of nitrogens with zero attached hydrogens (tertiary/aromatic N) is 2. The minimum atomic E-state index is -1.87. The van der Waals surface area contributed by atoms with Crippen molar-refractivity contribution in [2.75, 3.05) is 0 Å². The average molecular weight is 280 g/mol. The van der Waals surface area contributed by atoms with E-state index in [2.05, 4.69) is 4.98 Å². The van der Waals surface area contributed by atoms with Gasteiger partial charge in [-0.05, 0) is 12.5 Å². The van der Waals surface area contributed by atoms with Crippen LogP contribution >= 0.6 is 0 Å². The van der Waals surface area contributed by atoms with Gasteiger partial charge in [0, 0.05) is 0 Å². The fourth-order valence-electron chi connectivity index (χ4n) is 1.96. The number of benzene rings is 1. The predicted octanol–water partition coefficient (Wildman–Crippen LogP) is 3.47. The number of hydrogen-bond donors (Lipinski definition) is 0. The van der Waals surface area contributed by atoms with Gasteiger partial charge in [0.15, 0.2) is 11.6 Å². The molecule has 1 aromatic carbocycles. The molecular formula is C14H8F4N2. The standard InChI is InChI=1S/C14H8F4N2/c1-14(7-19,8-5-3-2-4-6-8)9-10(15)12(17)20-13(18)11(9)16/h2-6H,1H3. The van der Waals surface area contributed by atoms with Crippen molar-refractivity contribution in [3.63, 3.8) is 0 Å². The normalized spacial score (nSPS) is 13.6. The van der Waals surface area contributed by atoms with Crippen molar-refractivity contribution in [1.82, 2.24) is 4.98 Å². The lowest BCUT2D eigenvalue weighted by atomic mass is 9.77. The number of aromatic nitrogens is 1. The zero-order valence-electron chi connectivity index (χ0n) is 10.3. The van der Waals surface area contributed by atoms with E-state index in [1.165, 1.54) is 19.1 Å². The van der Waals surface area contributed by atoms with Crippen LogP contribution in [-0.2, 0) is 5.41 Å². The van der Waals surface area contributed by atoms with Crippen LogP contribution in [0.25, 0.3) is 0 Å². The van der Waals surface area contributed by atoms with Crippen LogP contribution in [0.1, 0.15) is 18.1 Å². The Morgan fingerprint density at radius 1 is 1.00 bits per heavy atom. The van der Waals surface area contributed by atoms with Crippen LogP contribution in [0.5, 0.6) is 0 Å². The summed E-state index contributed by atoms with van der Waals surface area (Å²) in [5.74, 6) is -6.90. The smallest absolute Gasteiger partial charge is 0.201 e. The van der Waals surface area contributed by atoms with Crippen molar-refractivity contribution in [3.05, 3.63) is 65.0 Å². The maximum absolute atomic E-state index is 13.8. The van der Waals surface area contributed by atoms with Gasteiger partial charge in [0.2, 0.25) is 0 Å². The van der Waals surface area contributed by atoms with Gasteiger partial charge in [-0.3, -0.25) is 0 Å². The Labute approximate surface area is 112 Å². The predicted molar refractivity (Wildman–Crippen MR) is 62.6 cm³/mol. The highest BCUT2D eigenvalue weighted by Crippen LogP contribution is 2.35. The van der Waals surface area contributed by atoms with E-state index in [9.17, 15) is 22.8 Å². The van der Waals surface area contributed by atoms with Crippen molar-refractivity contribution in [1.29, 1.82) is 5.26 Å². The first-order valence-corrected chi connectivity index (χ1v) is 5.59. The lowest BCUT2D eigenvalue weighted by molar-refractivity contribution is 0.384. The minimum Gasteiger partial charge on any atom is -0.201 e. The van der Waals surface area contributed by atoms with Gasteiger partial charge < -0.3 is 0 Å². The third kappa shape index (κ3) is 2.01. The van der Waals surface area contributed by atoms with Gasteiger partial charge in [0.1, 0.15) is 5.41 Å². The molecule has 0 aliphatic heterocycles. The highest BCUT2D eigenvalue weighted by atomic mass is 19.2. The fourth-order valence-corrected chi connectivity index (χ4v) is 1.96. The summed E-state index contributed by atoms with van der Waals surface area (Å²) in [6.45, 7) is 1.18. The van der Waals surface area contributed by atoms with Crippen molar-refractivity contribution in [2.24, 2.45) is 0 Å². The zero-order valence-corrected chi connectivity index (χ0v) is 10.3. The van der Waals surface area contributed by atoms with Gasteiger partial charge in [-0.15, -0.1) is 0 Å². The van der Waals surface area contributed by atoms with Gasteiger partial charge in [0.05, 0.1) is 11.6 Å². The number of hydrogen-bond acceptors (Lipinski definition) is 2. The molecular weight excluding hydrogens is 272 g/mol. The van der Waals surface area contributed by atoms with E-state index in [0.717, 1.165) is 0 Å². The maximum Gasteiger partial charge on any atom is 0.252 e. The molecule has 102 valence electrons. The Hall–Kier alpha value is -2.42. The van der Waals surface area contributed by atoms with Crippen LogP contribution in [0.2, 0.25) is 0 Å². The van der Waals surface area contributed by atoms with Crippen molar-refractivity contribution in [2.45, 2.75) is 12.3 Å². The Morgan fingerprint density at radius 2 is 1.50 bits per heavy atom. The molecule has 0 spiro atoms. The van der Waals surface area contributed by atoms with Crippen LogP contribution in [0, 0.1) is 34.9 Å². The third-order valence-electron chi connectivity index (χ3n) is 3.07.